The van der Waals surface area contributed by atoms with Gasteiger partial charge in [-0.25, -0.2) is 0 Å². The van der Waals surface area contributed by atoms with Crippen molar-refractivity contribution in [3.63, 3.8) is 0 Å². The van der Waals surface area contributed by atoms with Crippen LogP contribution in [0.4, 0.5) is 0 Å². The Hall–Kier alpha value is -3.79. The van der Waals surface area contributed by atoms with Gasteiger partial charge in [0.25, 0.3) is 0 Å². The molecule has 0 atom stereocenters. The minimum Gasteiger partial charge on any atom is -0.371 e. The molecule has 0 aliphatic heterocycles. The number of aromatic nitrogens is 4. The zero-order valence-electron chi connectivity index (χ0n) is 19.4. The fraction of sp³-hybridized carbons (Fsp3) is 0.0667. The summed E-state index contributed by atoms with van der Waals surface area (Å²) in [7, 11) is 2.03. The largest absolute Gasteiger partial charge is 0.371 e. The van der Waals surface area contributed by atoms with Gasteiger partial charge in [0.1, 0.15) is 0 Å². The zero-order chi connectivity index (χ0) is 23.1. The third kappa shape index (κ3) is 4.03. The Balaban J connectivity index is 0.00000253. The van der Waals surface area contributed by atoms with Gasteiger partial charge in [0, 0.05) is 56.2 Å². The average molecular weight is 632 g/mol. The maximum absolute atomic E-state index is 4.77. The third-order valence-electron chi connectivity index (χ3n) is 6.37. The second-order valence-corrected chi connectivity index (χ2v) is 8.39. The number of imidazole rings is 2. The quantitative estimate of drug-likeness (QED) is 0.199. The second-order valence-electron chi connectivity index (χ2n) is 8.39. The van der Waals surface area contributed by atoms with Crippen LogP contribution in [0.15, 0.2) is 103 Å². The van der Waals surface area contributed by atoms with E-state index in [9.17, 15) is 0 Å². The molecule has 0 spiro atoms. The van der Waals surface area contributed by atoms with Gasteiger partial charge in [0.2, 0.25) is 0 Å². The van der Waals surface area contributed by atoms with Crippen LogP contribution < -0.4 is 0 Å². The van der Waals surface area contributed by atoms with Gasteiger partial charge in [-0.1, -0.05) is 78.9 Å². The first-order valence-electron chi connectivity index (χ1n) is 11.3. The molecule has 0 amide bonds. The molecule has 6 rings (SSSR count). The normalized spacial score (nSPS) is 10.9. The van der Waals surface area contributed by atoms with E-state index >= 15 is 0 Å². The predicted octanol–water partition coefficient (Wildman–Crippen LogP) is 6.87. The van der Waals surface area contributed by atoms with Crippen LogP contribution in [0.25, 0.3) is 50.4 Å². The Labute approximate surface area is 218 Å². The molecule has 35 heavy (non-hydrogen) atoms. The van der Waals surface area contributed by atoms with Gasteiger partial charge in [-0.05, 0) is 23.6 Å². The molecule has 2 heterocycles. The van der Waals surface area contributed by atoms with Crippen LogP contribution in [0.3, 0.4) is 0 Å². The summed E-state index contributed by atoms with van der Waals surface area (Å²) >= 11 is 0. The Kier molecular flexibility index (Phi) is 6.21. The number of rotatable bonds is 4. The molecule has 0 saturated carbocycles. The number of hydrogen-bond donors (Lipinski definition) is 0. The van der Waals surface area contributed by atoms with Crippen LogP contribution in [-0.2, 0) is 27.2 Å². The second kappa shape index (κ2) is 9.46. The number of benzene rings is 4. The topological polar surface area (TPSA) is 35.6 Å². The summed E-state index contributed by atoms with van der Waals surface area (Å²) in [5.74, 6) is 1.82. The minimum absolute atomic E-state index is 0. The first-order chi connectivity index (χ1) is 16.7. The van der Waals surface area contributed by atoms with Crippen molar-refractivity contribution in [1.29, 1.82) is 0 Å². The van der Waals surface area contributed by atoms with E-state index in [1.807, 2.05) is 44.6 Å². The molecule has 0 bridgehead atoms. The maximum Gasteiger partial charge on any atom is 0.0957 e. The van der Waals surface area contributed by atoms with E-state index in [1.165, 1.54) is 0 Å². The molecule has 0 aliphatic carbocycles. The average Bonchev–Trinajstić information content (AvgIpc) is 3.49. The minimum atomic E-state index is 0. The first kappa shape index (κ1) is 23.0. The van der Waals surface area contributed by atoms with Crippen molar-refractivity contribution in [2.24, 2.45) is 7.05 Å². The standard InChI is InChI=1S/C30H23N4.Ir/c1-21-32-27-20-24(16-17-28(27)33(21)2)30-31-18-19-34(30)29-25(22-10-5-3-6-11-22)14-9-15-26(29)23-12-7-4-8-13-23;/h3-15,17-20H,1-2H3;/q-1;. The van der Waals surface area contributed by atoms with E-state index in [2.05, 4.69) is 88.0 Å². The smallest absolute Gasteiger partial charge is 0.0957 e. The number of aryl methyl sites for hydroxylation is 2. The Morgan fingerprint density at radius 1 is 0.800 bits per heavy atom. The van der Waals surface area contributed by atoms with Crippen LogP contribution in [0.2, 0.25) is 0 Å². The van der Waals surface area contributed by atoms with Crippen LogP contribution in [0, 0.1) is 13.0 Å². The van der Waals surface area contributed by atoms with E-state index in [-0.39, 0.29) is 20.1 Å². The predicted molar refractivity (Wildman–Crippen MR) is 138 cm³/mol. The fourth-order valence-corrected chi connectivity index (χ4v) is 4.57. The van der Waals surface area contributed by atoms with E-state index in [4.69, 9.17) is 9.97 Å². The van der Waals surface area contributed by atoms with Gasteiger partial charge in [-0.15, -0.1) is 23.8 Å². The molecule has 0 unspecified atom stereocenters. The molecule has 0 aliphatic rings. The molecular weight excluding hydrogens is 609 g/mol. The summed E-state index contributed by atoms with van der Waals surface area (Å²) in [5, 5.41) is 0. The maximum atomic E-state index is 4.77. The molecule has 0 fully saturated rings. The van der Waals surface area contributed by atoms with Crippen molar-refractivity contribution in [2.45, 2.75) is 6.92 Å². The van der Waals surface area contributed by atoms with E-state index in [1.54, 1.807) is 0 Å². The van der Waals surface area contributed by atoms with Crippen LogP contribution in [0.1, 0.15) is 5.82 Å². The van der Waals surface area contributed by atoms with E-state index in [0.717, 1.165) is 56.2 Å². The van der Waals surface area contributed by atoms with Crippen LogP contribution in [0.5, 0.6) is 0 Å². The van der Waals surface area contributed by atoms with Gasteiger partial charge >= 0.3 is 0 Å². The van der Waals surface area contributed by atoms with E-state index < -0.39 is 0 Å². The zero-order valence-corrected chi connectivity index (χ0v) is 21.8. The Morgan fingerprint density at radius 3 is 2.06 bits per heavy atom. The van der Waals surface area contributed by atoms with Gasteiger partial charge < -0.3 is 9.13 Å². The molecule has 4 nitrogen and oxygen atoms in total. The monoisotopic (exact) mass is 632 g/mol. The Bertz CT molecular complexity index is 1560. The van der Waals surface area contributed by atoms with Crippen molar-refractivity contribution >= 4 is 11.0 Å². The number of nitrogens with zero attached hydrogens (tertiary/aromatic N) is 4. The summed E-state index contributed by atoms with van der Waals surface area (Å²) in [5.41, 5.74) is 8.64. The Morgan fingerprint density at radius 2 is 1.43 bits per heavy atom. The van der Waals surface area contributed by atoms with Crippen LogP contribution in [-0.4, -0.2) is 19.1 Å². The van der Waals surface area contributed by atoms with Crippen molar-refractivity contribution < 1.29 is 20.1 Å². The van der Waals surface area contributed by atoms with Gasteiger partial charge in [-0.3, -0.25) is 9.97 Å². The SMILES string of the molecule is Cc1nc2cc(-c3nccn3-c3c(-c4ccccc4)cccc3-c3ccccc3)[c-]cc2n1C.[Ir]. The third-order valence-corrected chi connectivity index (χ3v) is 6.37. The summed E-state index contributed by atoms with van der Waals surface area (Å²) in [4.78, 5) is 9.49. The van der Waals surface area contributed by atoms with Crippen LogP contribution >= 0.6 is 0 Å². The van der Waals surface area contributed by atoms with Crippen molar-refractivity contribution in [3.05, 3.63) is 115 Å². The molecule has 0 saturated heterocycles. The van der Waals surface area contributed by atoms with Gasteiger partial charge in [-0.2, -0.15) is 0 Å². The van der Waals surface area contributed by atoms with Crippen molar-refractivity contribution in [2.75, 3.05) is 0 Å². The molecular formula is C30H23IrN4-. The molecule has 5 heteroatoms. The molecule has 6 aromatic rings. The van der Waals surface area contributed by atoms with Crippen molar-refractivity contribution in [1.82, 2.24) is 19.1 Å². The van der Waals surface area contributed by atoms with Gasteiger partial charge in [0.05, 0.1) is 17.3 Å². The number of para-hydroxylation sites is 1. The summed E-state index contributed by atoms with van der Waals surface area (Å²) in [6, 6.07) is 35.0. The summed E-state index contributed by atoms with van der Waals surface area (Å²) in [6.07, 6.45) is 3.89. The molecule has 4 aromatic carbocycles. The number of fused-ring (bicyclic) bond motifs is 1. The molecule has 1 radical (unpaired) electrons. The first-order valence-corrected chi connectivity index (χ1v) is 11.3. The van der Waals surface area contributed by atoms with E-state index in [0.29, 0.717) is 0 Å². The molecule has 173 valence electrons. The molecule has 0 N–H and O–H groups in total. The molecule has 2 aromatic heterocycles. The van der Waals surface area contributed by atoms with Gasteiger partial charge in [0.15, 0.2) is 0 Å². The number of hydrogen-bond acceptors (Lipinski definition) is 2. The van der Waals surface area contributed by atoms with Crippen molar-refractivity contribution in [3.8, 4) is 39.3 Å². The summed E-state index contributed by atoms with van der Waals surface area (Å²) < 4.78 is 4.26. The fourth-order valence-electron chi connectivity index (χ4n) is 4.57. The summed E-state index contributed by atoms with van der Waals surface area (Å²) in [6.45, 7) is 2.02.